The monoisotopic (exact) mass is 270 g/mol. The average Bonchev–Trinajstić information content (AvgIpc) is 2.63. The van der Waals surface area contributed by atoms with Crippen molar-refractivity contribution in [2.75, 3.05) is 5.32 Å². The van der Waals surface area contributed by atoms with Gasteiger partial charge in [-0.3, -0.25) is 4.79 Å². The Morgan fingerprint density at radius 1 is 1.44 bits per heavy atom. The topological polar surface area (TPSA) is 62.2 Å². The molecule has 0 aromatic carbocycles. The molecule has 0 aliphatic rings. The fraction of sp³-hybridized carbons (Fsp3) is 0.692. The second-order valence-corrected chi connectivity index (χ2v) is 5.59. The van der Waals surface area contributed by atoms with Crippen LogP contribution >= 0.6 is 11.5 Å². The molecule has 1 heterocycles. The fourth-order valence-electron chi connectivity index (χ4n) is 2.14. The Labute approximate surface area is 113 Å². The van der Waals surface area contributed by atoms with Gasteiger partial charge in [-0.2, -0.15) is 4.37 Å². The SMILES string of the molecule is CCCC(O)(CCC)CC(=O)Nc1cc(C)ns1. The maximum Gasteiger partial charge on any atom is 0.227 e. The van der Waals surface area contributed by atoms with Crippen LogP contribution in [-0.2, 0) is 4.79 Å². The van der Waals surface area contributed by atoms with Crippen LogP contribution in [0.5, 0.6) is 0 Å². The third-order valence-corrected chi connectivity index (χ3v) is 3.61. The Balaban J connectivity index is 2.55. The van der Waals surface area contributed by atoms with Crippen LogP contribution in [0.25, 0.3) is 0 Å². The van der Waals surface area contributed by atoms with Crippen LogP contribution in [0.4, 0.5) is 5.00 Å². The summed E-state index contributed by atoms with van der Waals surface area (Å²) in [5, 5.41) is 13.9. The normalized spacial score (nSPS) is 11.6. The predicted molar refractivity (Wildman–Crippen MR) is 74.9 cm³/mol. The minimum absolute atomic E-state index is 0.136. The highest BCUT2D eigenvalue weighted by Crippen LogP contribution is 2.25. The van der Waals surface area contributed by atoms with Gasteiger partial charge in [0.25, 0.3) is 0 Å². The van der Waals surface area contributed by atoms with Crippen molar-refractivity contribution in [3.8, 4) is 0 Å². The first-order chi connectivity index (χ1) is 8.49. The summed E-state index contributed by atoms with van der Waals surface area (Å²) < 4.78 is 4.10. The lowest BCUT2D eigenvalue weighted by atomic mass is 9.89. The lowest BCUT2D eigenvalue weighted by Crippen LogP contribution is -2.33. The van der Waals surface area contributed by atoms with Gasteiger partial charge in [-0.05, 0) is 37.4 Å². The van der Waals surface area contributed by atoms with Crippen LogP contribution in [0.15, 0.2) is 6.07 Å². The zero-order valence-corrected chi connectivity index (χ0v) is 12.1. The first-order valence-electron chi connectivity index (χ1n) is 6.44. The molecule has 0 saturated carbocycles. The van der Waals surface area contributed by atoms with Crippen LogP contribution in [-0.4, -0.2) is 21.0 Å². The van der Waals surface area contributed by atoms with Crippen molar-refractivity contribution in [1.29, 1.82) is 0 Å². The van der Waals surface area contributed by atoms with Gasteiger partial charge in [0.15, 0.2) is 0 Å². The average molecular weight is 270 g/mol. The lowest BCUT2D eigenvalue weighted by Gasteiger charge is -2.26. The van der Waals surface area contributed by atoms with Gasteiger partial charge >= 0.3 is 0 Å². The highest BCUT2D eigenvalue weighted by molar-refractivity contribution is 7.10. The van der Waals surface area contributed by atoms with E-state index in [9.17, 15) is 9.90 Å². The number of anilines is 1. The van der Waals surface area contributed by atoms with Crippen molar-refractivity contribution in [2.45, 2.75) is 58.5 Å². The molecule has 102 valence electrons. The van der Waals surface area contributed by atoms with E-state index in [0.29, 0.717) is 12.8 Å². The van der Waals surface area contributed by atoms with Crippen molar-refractivity contribution in [3.63, 3.8) is 0 Å². The molecule has 0 aliphatic carbocycles. The van der Waals surface area contributed by atoms with Crippen LogP contribution < -0.4 is 5.32 Å². The predicted octanol–water partition coefficient (Wildman–Crippen LogP) is 3.11. The summed E-state index contributed by atoms with van der Waals surface area (Å²) in [6.45, 7) is 5.92. The second-order valence-electron chi connectivity index (χ2n) is 4.78. The number of hydrogen-bond donors (Lipinski definition) is 2. The molecule has 1 aromatic heterocycles. The fourth-order valence-corrected chi connectivity index (χ4v) is 2.81. The minimum Gasteiger partial charge on any atom is -0.389 e. The third kappa shape index (κ3) is 4.74. The molecule has 0 saturated heterocycles. The summed E-state index contributed by atoms with van der Waals surface area (Å²) in [4.78, 5) is 11.9. The molecule has 0 radical (unpaired) electrons. The quantitative estimate of drug-likeness (QED) is 0.800. The van der Waals surface area contributed by atoms with Gasteiger partial charge in [0, 0.05) is 0 Å². The molecule has 5 heteroatoms. The Kier molecular flexibility index (Phi) is 5.75. The maximum atomic E-state index is 11.9. The number of nitrogens with one attached hydrogen (secondary N) is 1. The summed E-state index contributed by atoms with van der Waals surface area (Å²) in [6, 6.07) is 1.83. The van der Waals surface area contributed by atoms with Gasteiger partial charge in [-0.15, -0.1) is 0 Å². The van der Waals surface area contributed by atoms with Crippen molar-refractivity contribution in [3.05, 3.63) is 11.8 Å². The smallest absolute Gasteiger partial charge is 0.227 e. The highest BCUT2D eigenvalue weighted by Gasteiger charge is 2.28. The second kappa shape index (κ2) is 6.85. The zero-order chi connectivity index (χ0) is 13.6. The molecule has 1 amide bonds. The first kappa shape index (κ1) is 15.1. The van der Waals surface area contributed by atoms with Crippen molar-refractivity contribution in [2.24, 2.45) is 0 Å². The molecular formula is C13H22N2O2S. The number of carbonyl (C=O) groups excluding carboxylic acids is 1. The number of amides is 1. The number of aromatic nitrogens is 1. The summed E-state index contributed by atoms with van der Waals surface area (Å²) in [5.41, 5.74) is 0.0283. The largest absolute Gasteiger partial charge is 0.389 e. The van der Waals surface area contributed by atoms with Crippen molar-refractivity contribution >= 4 is 22.4 Å². The van der Waals surface area contributed by atoms with Crippen LogP contribution in [0.3, 0.4) is 0 Å². The van der Waals surface area contributed by atoms with E-state index in [1.807, 2.05) is 26.8 Å². The van der Waals surface area contributed by atoms with Crippen molar-refractivity contribution < 1.29 is 9.90 Å². The van der Waals surface area contributed by atoms with Crippen LogP contribution in [0.1, 0.15) is 51.6 Å². The zero-order valence-electron chi connectivity index (χ0n) is 11.3. The van der Waals surface area contributed by atoms with E-state index < -0.39 is 5.60 Å². The highest BCUT2D eigenvalue weighted by atomic mass is 32.1. The molecule has 0 aliphatic heterocycles. The number of carbonyl (C=O) groups is 1. The number of rotatable bonds is 7. The summed E-state index contributed by atoms with van der Waals surface area (Å²) in [5.74, 6) is -0.136. The van der Waals surface area contributed by atoms with Gasteiger partial charge in [-0.1, -0.05) is 26.7 Å². The van der Waals surface area contributed by atoms with Gasteiger partial charge in [0.05, 0.1) is 17.7 Å². The third-order valence-electron chi connectivity index (χ3n) is 2.81. The summed E-state index contributed by atoms with van der Waals surface area (Å²) in [7, 11) is 0. The molecule has 0 spiro atoms. The van der Waals surface area contributed by atoms with E-state index in [4.69, 9.17) is 0 Å². The first-order valence-corrected chi connectivity index (χ1v) is 7.22. The van der Waals surface area contributed by atoms with Crippen LogP contribution in [0.2, 0.25) is 0 Å². The van der Waals surface area contributed by atoms with Gasteiger partial charge in [-0.25, -0.2) is 0 Å². The van der Waals surface area contributed by atoms with E-state index in [1.165, 1.54) is 11.5 Å². The van der Waals surface area contributed by atoms with Gasteiger partial charge in [0.1, 0.15) is 5.00 Å². The van der Waals surface area contributed by atoms with E-state index >= 15 is 0 Å². The molecule has 0 fully saturated rings. The molecule has 18 heavy (non-hydrogen) atoms. The Morgan fingerprint density at radius 2 is 2.06 bits per heavy atom. The lowest BCUT2D eigenvalue weighted by molar-refractivity contribution is -0.121. The van der Waals surface area contributed by atoms with Crippen LogP contribution in [0, 0.1) is 6.92 Å². The van der Waals surface area contributed by atoms with Gasteiger partial charge in [0.2, 0.25) is 5.91 Å². The molecule has 1 aromatic rings. The van der Waals surface area contributed by atoms with Gasteiger partial charge < -0.3 is 10.4 Å². The van der Waals surface area contributed by atoms with Crippen molar-refractivity contribution in [1.82, 2.24) is 4.37 Å². The standard InChI is InChI=1S/C13H22N2O2S/c1-4-6-13(17,7-5-2)9-11(16)14-12-8-10(3)15-18-12/h8,17H,4-7,9H2,1-3H3,(H,14,16). The molecule has 0 atom stereocenters. The Morgan fingerprint density at radius 3 is 2.50 bits per heavy atom. The number of aliphatic hydroxyl groups is 1. The molecule has 4 nitrogen and oxygen atoms in total. The number of nitrogens with zero attached hydrogens (tertiary/aromatic N) is 1. The molecule has 0 unspecified atom stereocenters. The van der Waals surface area contributed by atoms with E-state index in [-0.39, 0.29) is 12.3 Å². The number of hydrogen-bond acceptors (Lipinski definition) is 4. The Bertz CT molecular complexity index is 384. The van der Waals surface area contributed by atoms with E-state index in [0.717, 1.165) is 23.5 Å². The molecule has 0 bridgehead atoms. The maximum absolute atomic E-state index is 11.9. The molecular weight excluding hydrogens is 248 g/mol. The van der Waals surface area contributed by atoms with E-state index in [1.54, 1.807) is 0 Å². The van der Waals surface area contributed by atoms with E-state index in [2.05, 4.69) is 9.69 Å². The summed E-state index contributed by atoms with van der Waals surface area (Å²) >= 11 is 1.27. The molecule has 2 N–H and O–H groups in total. The number of aryl methyl sites for hydroxylation is 1. The Hall–Kier alpha value is -0.940. The summed E-state index contributed by atoms with van der Waals surface area (Å²) in [6.07, 6.45) is 3.24. The minimum atomic E-state index is -0.868. The molecule has 1 rings (SSSR count).